The minimum atomic E-state index is 0.471. The van der Waals surface area contributed by atoms with Gasteiger partial charge >= 0.3 is 6.01 Å². The molecule has 0 atom stereocenters. The summed E-state index contributed by atoms with van der Waals surface area (Å²) in [6, 6.07) is 6.49. The van der Waals surface area contributed by atoms with Crippen LogP contribution in [0, 0.1) is 18.3 Å². The van der Waals surface area contributed by atoms with E-state index in [4.69, 9.17) is 20.0 Å². The molecule has 3 aliphatic heterocycles. The average Bonchev–Trinajstić information content (AvgIpc) is 3.62. The van der Waals surface area contributed by atoms with E-state index in [1.54, 1.807) is 13.2 Å². The Labute approximate surface area is 239 Å². The Morgan fingerprint density at radius 2 is 1.62 bits per heavy atom. The molecule has 1 aromatic carbocycles. The van der Waals surface area contributed by atoms with Crippen molar-refractivity contribution in [2.24, 2.45) is 0 Å². The van der Waals surface area contributed by atoms with Gasteiger partial charge in [0, 0.05) is 63.6 Å². The Morgan fingerprint density at radius 3 is 2.25 bits per heavy atom. The lowest BCUT2D eigenvalue weighted by molar-refractivity contribution is 0.377. The maximum atomic E-state index is 7.32. The van der Waals surface area contributed by atoms with Gasteiger partial charge in [0.1, 0.15) is 5.82 Å². The molecule has 0 spiro atoms. The van der Waals surface area contributed by atoms with Crippen LogP contribution in [0.1, 0.15) is 50.4 Å². The molecule has 2 saturated heterocycles. The number of ether oxygens (including phenoxy) is 1. The third-order valence-electron chi connectivity index (χ3n) is 7.34. The number of nitriles is 1. The molecule has 10 heteroatoms. The highest BCUT2D eigenvalue weighted by Crippen LogP contribution is 2.33. The van der Waals surface area contributed by atoms with E-state index >= 15 is 0 Å². The van der Waals surface area contributed by atoms with Crippen molar-refractivity contribution in [3.05, 3.63) is 35.2 Å². The summed E-state index contributed by atoms with van der Waals surface area (Å²) in [6.45, 7) is 16.0. The summed E-state index contributed by atoms with van der Waals surface area (Å²) in [5, 5.41) is 19.3. The van der Waals surface area contributed by atoms with Crippen molar-refractivity contribution in [1.29, 1.82) is 5.26 Å². The fourth-order valence-electron chi connectivity index (χ4n) is 5.42. The molecule has 40 heavy (non-hydrogen) atoms. The Morgan fingerprint density at radius 1 is 0.950 bits per heavy atom. The van der Waals surface area contributed by atoms with Crippen LogP contribution in [0.2, 0.25) is 0 Å². The van der Waals surface area contributed by atoms with Crippen molar-refractivity contribution in [2.45, 2.75) is 53.4 Å². The van der Waals surface area contributed by atoms with Crippen LogP contribution in [0.15, 0.2) is 18.3 Å². The summed E-state index contributed by atoms with van der Waals surface area (Å²) in [5.41, 5.74) is 6.01. The molecule has 3 aliphatic rings. The van der Waals surface area contributed by atoms with Gasteiger partial charge in [0.15, 0.2) is 0 Å². The van der Waals surface area contributed by atoms with Crippen LogP contribution in [0.25, 0.3) is 10.9 Å². The first kappa shape index (κ1) is 31.1. The summed E-state index contributed by atoms with van der Waals surface area (Å²) >= 11 is 0. The molecule has 0 saturated carbocycles. The number of hydrogen-bond donors (Lipinski definition) is 2. The second-order valence-electron chi connectivity index (χ2n) is 9.98. The topological polar surface area (TPSA) is 109 Å². The van der Waals surface area contributed by atoms with Crippen molar-refractivity contribution >= 4 is 22.4 Å². The van der Waals surface area contributed by atoms with Gasteiger partial charge in [-0.1, -0.05) is 19.9 Å². The van der Waals surface area contributed by atoms with Crippen LogP contribution in [0.3, 0.4) is 0 Å². The molecule has 0 aliphatic carbocycles. The normalized spacial score (nSPS) is 16.7. The van der Waals surface area contributed by atoms with Gasteiger partial charge < -0.3 is 24.8 Å². The first-order chi connectivity index (χ1) is 19.5. The van der Waals surface area contributed by atoms with E-state index in [1.165, 1.54) is 55.1 Å². The van der Waals surface area contributed by atoms with Gasteiger partial charge in [-0.3, -0.25) is 5.10 Å². The minimum absolute atomic E-state index is 0.471. The van der Waals surface area contributed by atoms with E-state index in [2.05, 4.69) is 56.3 Å². The number of hydrogen-bond acceptors (Lipinski definition) is 9. The van der Waals surface area contributed by atoms with Crippen molar-refractivity contribution in [2.75, 3.05) is 76.3 Å². The Balaban J connectivity index is 0.000000342. The number of nitrogens with zero attached hydrogens (tertiary/aromatic N) is 7. The fraction of sp³-hybridized carbons (Fsp3) is 0.600. The fourth-order valence-corrected chi connectivity index (χ4v) is 5.42. The highest BCUT2D eigenvalue weighted by atomic mass is 16.5. The van der Waals surface area contributed by atoms with E-state index in [-0.39, 0.29) is 0 Å². The first-order valence-electron chi connectivity index (χ1n) is 14.6. The monoisotopic (exact) mass is 549 g/mol. The molecule has 2 N–H and O–H groups in total. The van der Waals surface area contributed by atoms with Crippen molar-refractivity contribution in [3.8, 4) is 12.1 Å². The average molecular weight is 550 g/mol. The lowest BCUT2D eigenvalue weighted by Gasteiger charge is -2.30. The van der Waals surface area contributed by atoms with Gasteiger partial charge in [0.2, 0.25) is 0 Å². The maximum Gasteiger partial charge on any atom is 0.318 e. The van der Waals surface area contributed by atoms with E-state index < -0.39 is 0 Å². The molecule has 0 unspecified atom stereocenters. The summed E-state index contributed by atoms with van der Waals surface area (Å²) in [7, 11) is 3.82. The third-order valence-corrected chi connectivity index (χ3v) is 7.34. The zero-order chi connectivity index (χ0) is 28.9. The number of benzene rings is 1. The van der Waals surface area contributed by atoms with Crippen LogP contribution in [-0.4, -0.2) is 91.6 Å². The lowest BCUT2D eigenvalue weighted by Crippen LogP contribution is -2.44. The van der Waals surface area contributed by atoms with Crippen LogP contribution >= 0.6 is 0 Å². The van der Waals surface area contributed by atoms with E-state index in [0.717, 1.165) is 69.1 Å². The van der Waals surface area contributed by atoms with Gasteiger partial charge in [-0.05, 0) is 58.0 Å². The maximum absolute atomic E-state index is 7.32. The van der Waals surface area contributed by atoms with Gasteiger partial charge in [-0.25, -0.2) is 0 Å². The molecule has 6 rings (SSSR count). The zero-order valence-corrected chi connectivity index (χ0v) is 25.3. The third kappa shape index (κ3) is 7.83. The highest BCUT2D eigenvalue weighted by molar-refractivity contribution is 5.93. The predicted octanol–water partition coefficient (Wildman–Crippen LogP) is 3.95. The molecule has 0 bridgehead atoms. The van der Waals surface area contributed by atoms with Gasteiger partial charge in [0.25, 0.3) is 0 Å². The lowest BCUT2D eigenvalue weighted by atomic mass is 10.1. The molecule has 0 radical (unpaired) electrons. The predicted molar refractivity (Wildman–Crippen MR) is 163 cm³/mol. The zero-order valence-electron chi connectivity index (χ0n) is 25.3. The molecule has 3 aromatic rings. The molecule has 2 aromatic heterocycles. The Kier molecular flexibility index (Phi) is 12.4. The minimum Gasteiger partial charge on any atom is -0.467 e. The standard InChI is InChI=1S/C21H27N7O.C5H11N.C2H3N.C2H6/c1-14-3-4-18-16(13-23-26-18)19(14)27-9-5-15-17(6-10-27)24-21(29-2)25-20(15)28-11-7-22-8-12-28;1-6-4-2-3-5-6;1-2-3;1-2/h3-4,13,22H,5-12H2,1-2H3,(H,23,26);2-5H2,1H3;1H3;1-2H3. The molecule has 218 valence electrons. The summed E-state index contributed by atoms with van der Waals surface area (Å²) in [6.07, 6.45) is 6.56. The number of likely N-dealkylation sites (tertiary alicyclic amines) is 1. The van der Waals surface area contributed by atoms with Crippen molar-refractivity contribution < 1.29 is 4.74 Å². The smallest absolute Gasteiger partial charge is 0.318 e. The van der Waals surface area contributed by atoms with Crippen LogP contribution in [0.5, 0.6) is 6.01 Å². The second-order valence-corrected chi connectivity index (χ2v) is 9.98. The van der Waals surface area contributed by atoms with Crippen molar-refractivity contribution in [3.63, 3.8) is 0 Å². The number of piperazine rings is 1. The second kappa shape index (κ2) is 16.0. The number of aryl methyl sites for hydroxylation is 1. The summed E-state index contributed by atoms with van der Waals surface area (Å²) in [4.78, 5) is 16.7. The van der Waals surface area contributed by atoms with Gasteiger partial charge in [0.05, 0.1) is 36.3 Å². The number of aromatic amines is 1. The van der Waals surface area contributed by atoms with Gasteiger partial charge in [-0.15, -0.1) is 0 Å². The number of methoxy groups -OCH3 is 1. The quantitative estimate of drug-likeness (QED) is 0.502. The molecular weight excluding hydrogens is 502 g/mol. The van der Waals surface area contributed by atoms with E-state index in [1.807, 2.05) is 20.0 Å². The molecule has 10 nitrogen and oxygen atoms in total. The number of aromatic nitrogens is 4. The molecule has 2 fully saturated rings. The van der Waals surface area contributed by atoms with Crippen molar-refractivity contribution in [1.82, 2.24) is 30.4 Å². The Hall–Kier alpha value is -3.42. The number of anilines is 2. The molecule has 0 amide bonds. The molecule has 5 heterocycles. The summed E-state index contributed by atoms with van der Waals surface area (Å²) in [5.74, 6) is 1.05. The first-order valence-corrected chi connectivity index (χ1v) is 14.6. The van der Waals surface area contributed by atoms with Crippen LogP contribution in [0.4, 0.5) is 11.5 Å². The van der Waals surface area contributed by atoms with E-state index in [0.29, 0.717) is 6.01 Å². The van der Waals surface area contributed by atoms with Crippen LogP contribution < -0.4 is 19.9 Å². The number of H-pyrrole nitrogens is 1. The number of fused-ring (bicyclic) bond motifs is 2. The van der Waals surface area contributed by atoms with E-state index in [9.17, 15) is 0 Å². The number of nitrogens with one attached hydrogen (secondary N) is 2. The highest BCUT2D eigenvalue weighted by Gasteiger charge is 2.25. The van der Waals surface area contributed by atoms with Gasteiger partial charge in [-0.2, -0.15) is 20.3 Å². The largest absolute Gasteiger partial charge is 0.467 e. The molecular formula is C30H47N9O. The SMILES string of the molecule is CC.CC#N.CN1CCCC1.COc1nc2c(c(N3CCNCC3)n1)CCN(c1c(C)ccc3[nH]ncc13)CC2. The Bertz CT molecular complexity index is 1220. The number of rotatable bonds is 3. The van der Waals surface area contributed by atoms with Crippen LogP contribution in [-0.2, 0) is 12.8 Å². The summed E-state index contributed by atoms with van der Waals surface area (Å²) < 4.78 is 5.44.